The molecule has 0 bridgehead atoms. The Morgan fingerprint density at radius 2 is 2.13 bits per heavy atom. The highest BCUT2D eigenvalue weighted by molar-refractivity contribution is 8.06. The third-order valence-corrected chi connectivity index (χ3v) is 6.71. The smallest absolute Gasteiger partial charge is 0.332 e. The van der Waals surface area contributed by atoms with Crippen LogP contribution in [0, 0.1) is 4.78 Å². The number of carbonyl (C=O) groups excluding carboxylic acids is 1. The molecule has 2 amide bonds. The fourth-order valence-corrected chi connectivity index (χ4v) is 4.96. The highest BCUT2D eigenvalue weighted by atomic mass is 32.2. The number of anilines is 1. The normalized spacial score (nSPS) is 21.2. The molecule has 2 aliphatic rings. The van der Waals surface area contributed by atoms with E-state index in [-0.39, 0.29) is 9.41 Å². The standard InChI is InChI=1S/C20H23N6O3PS/c1-26(30)11-9-18(24-26)31(21,28)25-20(27)23-19-15-5-3-4-13(15)6-7-16(19)14-8-10-22-17(12-14)29-2/h6-12H,3-5,30H2,1-2H3,(H2-,21,22,23,25,27,28)/p+1. The maximum atomic E-state index is 12.8. The van der Waals surface area contributed by atoms with Gasteiger partial charge in [-0.05, 0) is 42.0 Å². The first-order valence-corrected chi connectivity index (χ1v) is 11.7. The van der Waals surface area contributed by atoms with Gasteiger partial charge in [-0.2, -0.15) is 4.36 Å². The highest BCUT2D eigenvalue weighted by Gasteiger charge is 2.28. The number of amides is 2. The zero-order valence-electron chi connectivity index (χ0n) is 17.2. The summed E-state index contributed by atoms with van der Waals surface area (Å²) < 4.78 is 28.5. The number of pyridine rings is 1. The Morgan fingerprint density at radius 3 is 2.84 bits per heavy atom. The van der Waals surface area contributed by atoms with Gasteiger partial charge < -0.3 is 10.1 Å². The molecule has 11 heteroatoms. The summed E-state index contributed by atoms with van der Waals surface area (Å²) in [5, 5.41) is 7.03. The van der Waals surface area contributed by atoms with E-state index in [0.717, 1.165) is 36.0 Å². The van der Waals surface area contributed by atoms with Crippen LogP contribution < -0.4 is 14.8 Å². The molecule has 9 nitrogen and oxygen atoms in total. The third-order valence-electron chi connectivity index (χ3n) is 5.14. The van der Waals surface area contributed by atoms with Crippen molar-refractivity contribution in [1.82, 2.24) is 9.71 Å². The molecule has 0 spiro atoms. The maximum absolute atomic E-state index is 12.8. The van der Waals surface area contributed by atoms with Crippen LogP contribution >= 0.6 is 9.39 Å². The number of rotatable bonds is 3. The predicted molar refractivity (Wildman–Crippen MR) is 124 cm³/mol. The van der Waals surface area contributed by atoms with Crippen LogP contribution in [0.15, 0.2) is 47.8 Å². The van der Waals surface area contributed by atoms with Crippen molar-refractivity contribution in [2.75, 3.05) is 19.5 Å². The number of aryl methyl sites for hydroxylation is 1. The second-order valence-electron chi connectivity index (χ2n) is 7.53. The first-order valence-electron chi connectivity index (χ1n) is 9.65. The van der Waals surface area contributed by atoms with E-state index in [1.165, 1.54) is 11.6 Å². The summed E-state index contributed by atoms with van der Waals surface area (Å²) >= 11 is 0. The Morgan fingerprint density at radius 1 is 1.32 bits per heavy atom. The lowest BCUT2D eigenvalue weighted by atomic mass is 9.98. The van der Waals surface area contributed by atoms with Crippen LogP contribution in [-0.2, 0) is 22.8 Å². The van der Waals surface area contributed by atoms with Crippen molar-refractivity contribution < 1.29 is 18.1 Å². The number of ether oxygens (including phenoxy) is 1. The molecule has 3 N–H and O–H groups in total. The average Bonchev–Trinajstić information content (AvgIpc) is 3.34. The number of benzene rings is 1. The second kappa shape index (κ2) is 8.03. The number of nitrogens with one attached hydrogen (secondary N) is 3. The van der Waals surface area contributed by atoms with Crippen LogP contribution in [0.4, 0.5) is 10.5 Å². The molecule has 1 aromatic carbocycles. The van der Waals surface area contributed by atoms with Crippen molar-refractivity contribution in [2.45, 2.75) is 19.3 Å². The van der Waals surface area contributed by atoms with Gasteiger partial charge >= 0.3 is 6.03 Å². The molecule has 1 aliphatic carbocycles. The van der Waals surface area contributed by atoms with Crippen LogP contribution in [0.25, 0.3) is 11.1 Å². The van der Waals surface area contributed by atoms with Crippen LogP contribution in [0.5, 0.6) is 5.88 Å². The molecule has 4 rings (SSSR count). The molecule has 3 unspecified atom stereocenters. The number of hydrogen-bond acceptors (Lipinski definition) is 6. The Hall–Kier alpha value is -2.81. The minimum absolute atomic E-state index is 0.0116. The number of hydrogen-bond donors (Lipinski definition) is 3. The summed E-state index contributed by atoms with van der Waals surface area (Å²) in [4.78, 5) is 16.9. The van der Waals surface area contributed by atoms with E-state index in [1.807, 2.05) is 12.1 Å². The van der Waals surface area contributed by atoms with Gasteiger partial charge in [0.1, 0.15) is 15.6 Å². The quantitative estimate of drug-likeness (QED) is 0.610. The lowest BCUT2D eigenvalue weighted by molar-refractivity contribution is -0.724. The molecular weight excluding hydrogens is 435 g/mol. The summed E-state index contributed by atoms with van der Waals surface area (Å²) in [5.41, 5.74) is 4.51. The summed E-state index contributed by atoms with van der Waals surface area (Å²) in [5.74, 6) is 0.465. The molecule has 1 aliphatic heterocycles. The number of carbonyl (C=O) groups is 1. The minimum atomic E-state index is -3.61. The number of urea groups is 1. The van der Waals surface area contributed by atoms with Gasteiger partial charge in [-0.1, -0.05) is 17.2 Å². The summed E-state index contributed by atoms with van der Waals surface area (Å²) in [6.45, 7) is 0. The lowest BCUT2D eigenvalue weighted by Crippen LogP contribution is -2.37. The first kappa shape index (κ1) is 21.4. The summed E-state index contributed by atoms with van der Waals surface area (Å²) in [7, 11) is 2.13. The minimum Gasteiger partial charge on any atom is -0.481 e. The van der Waals surface area contributed by atoms with E-state index < -0.39 is 15.9 Å². The van der Waals surface area contributed by atoms with E-state index in [4.69, 9.17) is 9.52 Å². The van der Waals surface area contributed by atoms with Crippen molar-refractivity contribution in [3.63, 3.8) is 0 Å². The fourth-order valence-electron chi connectivity index (χ4n) is 3.71. The maximum Gasteiger partial charge on any atom is 0.332 e. The Bertz CT molecular complexity index is 1220. The van der Waals surface area contributed by atoms with Gasteiger partial charge in [-0.15, -0.1) is 0 Å². The summed E-state index contributed by atoms with van der Waals surface area (Å²) in [6.07, 6.45) is 7.55. The molecule has 1 aromatic heterocycles. The number of methoxy groups -OCH3 is 1. The first-order chi connectivity index (χ1) is 14.7. The summed E-state index contributed by atoms with van der Waals surface area (Å²) in [6, 6.07) is 6.93. The SMILES string of the molecule is COc1cc(-c2ccc3c(c2NC(=O)NS(=N)(=O)C2=N[N+](C)(P)C=C2)CCC3)ccn1. The molecule has 162 valence electrons. The van der Waals surface area contributed by atoms with E-state index >= 15 is 0 Å². The van der Waals surface area contributed by atoms with Gasteiger partial charge in [0.05, 0.1) is 19.8 Å². The topological polar surface area (TPSA) is 117 Å². The van der Waals surface area contributed by atoms with E-state index in [0.29, 0.717) is 11.6 Å². The molecule has 3 atom stereocenters. The Labute approximate surface area is 183 Å². The molecule has 0 saturated heterocycles. The van der Waals surface area contributed by atoms with Crippen molar-refractivity contribution >= 4 is 36.1 Å². The van der Waals surface area contributed by atoms with Gasteiger partial charge in [0.2, 0.25) is 10.9 Å². The van der Waals surface area contributed by atoms with Crippen LogP contribution in [0.1, 0.15) is 17.5 Å². The van der Waals surface area contributed by atoms with E-state index in [2.05, 4.69) is 35.6 Å². The van der Waals surface area contributed by atoms with Gasteiger partial charge in [-0.25, -0.2) is 23.5 Å². The van der Waals surface area contributed by atoms with Crippen LogP contribution in [0.2, 0.25) is 0 Å². The van der Waals surface area contributed by atoms with Gasteiger partial charge in [0, 0.05) is 23.9 Å². The zero-order valence-corrected chi connectivity index (χ0v) is 19.2. The monoisotopic (exact) mass is 459 g/mol. The predicted octanol–water partition coefficient (Wildman–Crippen LogP) is 3.41. The molecule has 2 heterocycles. The molecule has 0 saturated carbocycles. The fraction of sp³-hybridized carbons (Fsp3) is 0.250. The molecular formula is C20H24N6O3PS+. The van der Waals surface area contributed by atoms with Crippen LogP contribution in [-0.4, -0.2) is 38.8 Å². The van der Waals surface area contributed by atoms with E-state index in [9.17, 15) is 9.00 Å². The van der Waals surface area contributed by atoms with Crippen molar-refractivity contribution in [1.29, 1.82) is 4.78 Å². The zero-order chi connectivity index (χ0) is 22.2. The second-order valence-corrected chi connectivity index (χ2v) is 10.3. The average molecular weight is 459 g/mol. The Kier molecular flexibility index (Phi) is 5.55. The van der Waals surface area contributed by atoms with Crippen molar-refractivity contribution in [3.8, 4) is 17.0 Å². The number of quaternary nitrogens is 1. The largest absolute Gasteiger partial charge is 0.481 e. The lowest BCUT2D eigenvalue weighted by Gasteiger charge is -2.17. The van der Waals surface area contributed by atoms with E-state index in [1.54, 1.807) is 32.6 Å². The van der Waals surface area contributed by atoms with Crippen molar-refractivity contribution in [3.05, 3.63) is 53.9 Å². The van der Waals surface area contributed by atoms with Gasteiger partial charge in [0.15, 0.2) is 9.92 Å². The molecule has 0 fully saturated rings. The van der Waals surface area contributed by atoms with Crippen molar-refractivity contribution in [2.24, 2.45) is 5.10 Å². The Balaban J connectivity index is 1.66. The number of aromatic nitrogens is 1. The molecule has 0 radical (unpaired) electrons. The van der Waals surface area contributed by atoms with Crippen LogP contribution in [0.3, 0.4) is 0 Å². The highest BCUT2D eigenvalue weighted by Crippen LogP contribution is 2.38. The number of fused-ring (bicyclic) bond motifs is 1. The molecule has 31 heavy (non-hydrogen) atoms. The number of nitrogens with zero attached hydrogens (tertiary/aromatic N) is 3. The van der Waals surface area contributed by atoms with Gasteiger partial charge in [0.25, 0.3) is 0 Å². The van der Waals surface area contributed by atoms with Gasteiger partial charge in [-0.3, -0.25) is 0 Å². The third kappa shape index (κ3) is 4.46. The molecule has 2 aromatic rings.